The van der Waals surface area contributed by atoms with E-state index >= 15 is 0 Å². The van der Waals surface area contributed by atoms with Gasteiger partial charge in [-0.2, -0.15) is 0 Å². The number of thiophene rings is 1. The van der Waals surface area contributed by atoms with Gasteiger partial charge in [-0.15, -0.1) is 11.3 Å². The zero-order valence-electron chi connectivity index (χ0n) is 31.3. The molecule has 0 saturated heterocycles. The van der Waals surface area contributed by atoms with Crippen LogP contribution in [0.15, 0.2) is 194 Å². The average molecular weight is 735 g/mol. The summed E-state index contributed by atoms with van der Waals surface area (Å²) in [7, 11) is 0. The average Bonchev–Trinajstić information content (AvgIpc) is 3.64. The fraction of sp³-hybridized carbons (Fsp3) is 0.0566. The van der Waals surface area contributed by atoms with Gasteiger partial charge in [0.25, 0.3) is 0 Å². The molecule has 0 bridgehead atoms. The van der Waals surface area contributed by atoms with E-state index in [4.69, 9.17) is 0 Å². The summed E-state index contributed by atoms with van der Waals surface area (Å²) in [6.45, 7) is 4.77. The highest BCUT2D eigenvalue weighted by Crippen LogP contribution is 2.57. The molecule has 9 aromatic carbocycles. The molecule has 3 heteroatoms. The first-order valence-corrected chi connectivity index (χ1v) is 20.2. The smallest absolute Gasteiger partial charge is 0.0619 e. The number of rotatable bonds is 5. The van der Waals surface area contributed by atoms with Crippen LogP contribution in [-0.2, 0) is 5.41 Å². The van der Waals surface area contributed by atoms with Crippen LogP contribution < -0.4 is 9.80 Å². The Morgan fingerprint density at radius 1 is 0.446 bits per heavy atom. The van der Waals surface area contributed by atoms with Crippen molar-refractivity contribution in [3.05, 3.63) is 205 Å². The molecule has 10 aromatic rings. The molecule has 0 fully saturated rings. The highest BCUT2D eigenvalue weighted by molar-refractivity contribution is 7.26. The molecule has 11 rings (SSSR count). The van der Waals surface area contributed by atoms with Crippen molar-refractivity contribution in [1.82, 2.24) is 0 Å². The molecular formula is C53H38N2S. The van der Waals surface area contributed by atoms with Gasteiger partial charge in [0.2, 0.25) is 0 Å². The summed E-state index contributed by atoms with van der Waals surface area (Å²) < 4.78 is 2.63. The van der Waals surface area contributed by atoms with E-state index in [1.807, 2.05) is 11.3 Å². The molecule has 0 N–H and O–H groups in total. The van der Waals surface area contributed by atoms with E-state index in [0.29, 0.717) is 0 Å². The standard InChI is InChI=1S/C53H38N2S/c1-53(2)45-26-11-12-27-48(45)55(49-33-31-38(34-46(49)53)54(37-19-4-3-5-20-37)47-28-14-18-35-16-6-8-21-39(35)47)51-40-22-9-7-17-36(40)30-32-42(51)44-25-15-24-43-41-23-10-13-29-50(41)56-52(43)44/h3-34H,1-2H3. The third-order valence-corrected chi connectivity index (χ3v) is 13.0. The van der Waals surface area contributed by atoms with E-state index in [1.165, 1.54) is 81.0 Å². The number of anilines is 6. The Morgan fingerprint density at radius 3 is 1.95 bits per heavy atom. The molecule has 2 nitrogen and oxygen atoms in total. The monoisotopic (exact) mass is 734 g/mol. The summed E-state index contributed by atoms with van der Waals surface area (Å²) in [5, 5.41) is 7.52. The normalized spacial score (nSPS) is 13.3. The van der Waals surface area contributed by atoms with Gasteiger partial charge < -0.3 is 9.80 Å². The quantitative estimate of drug-likeness (QED) is 0.174. The van der Waals surface area contributed by atoms with Crippen molar-refractivity contribution in [2.24, 2.45) is 0 Å². The lowest BCUT2D eigenvalue weighted by Crippen LogP contribution is -2.31. The van der Waals surface area contributed by atoms with Crippen LogP contribution in [0.5, 0.6) is 0 Å². The molecule has 0 spiro atoms. The lowest BCUT2D eigenvalue weighted by atomic mass is 9.73. The first-order valence-electron chi connectivity index (χ1n) is 19.4. The fourth-order valence-electron chi connectivity index (χ4n) is 9.15. The van der Waals surface area contributed by atoms with Crippen LogP contribution in [0.3, 0.4) is 0 Å². The minimum atomic E-state index is -0.282. The fourth-order valence-corrected chi connectivity index (χ4v) is 10.4. The summed E-state index contributed by atoms with van der Waals surface area (Å²) in [6, 6.07) is 71.4. The predicted octanol–water partition coefficient (Wildman–Crippen LogP) is 15.6. The van der Waals surface area contributed by atoms with Crippen LogP contribution in [0.2, 0.25) is 0 Å². The van der Waals surface area contributed by atoms with Crippen molar-refractivity contribution >= 4 is 87.2 Å². The van der Waals surface area contributed by atoms with E-state index in [2.05, 4.69) is 218 Å². The highest BCUT2D eigenvalue weighted by atomic mass is 32.1. The van der Waals surface area contributed by atoms with Gasteiger partial charge in [-0.1, -0.05) is 159 Å². The molecule has 0 atom stereocenters. The molecule has 0 unspecified atom stereocenters. The number of benzene rings is 9. The van der Waals surface area contributed by atoms with Crippen molar-refractivity contribution in [2.75, 3.05) is 9.80 Å². The molecule has 0 radical (unpaired) electrons. The highest BCUT2D eigenvalue weighted by Gasteiger charge is 2.39. The molecule has 2 heterocycles. The molecule has 266 valence electrons. The van der Waals surface area contributed by atoms with Crippen LogP contribution in [0.1, 0.15) is 25.0 Å². The predicted molar refractivity (Wildman–Crippen MR) is 241 cm³/mol. The van der Waals surface area contributed by atoms with Crippen molar-refractivity contribution in [3.63, 3.8) is 0 Å². The van der Waals surface area contributed by atoms with Crippen molar-refractivity contribution in [2.45, 2.75) is 19.3 Å². The van der Waals surface area contributed by atoms with Gasteiger partial charge in [0, 0.05) is 58.9 Å². The van der Waals surface area contributed by atoms with Crippen LogP contribution in [0, 0.1) is 0 Å². The first-order chi connectivity index (χ1) is 27.6. The molecule has 56 heavy (non-hydrogen) atoms. The zero-order chi connectivity index (χ0) is 37.4. The van der Waals surface area contributed by atoms with Gasteiger partial charge in [-0.25, -0.2) is 0 Å². The van der Waals surface area contributed by atoms with Crippen molar-refractivity contribution in [3.8, 4) is 11.1 Å². The lowest BCUT2D eigenvalue weighted by molar-refractivity contribution is 0.632. The summed E-state index contributed by atoms with van der Waals surface area (Å²) in [5.41, 5.74) is 11.8. The van der Waals surface area contributed by atoms with Crippen molar-refractivity contribution in [1.29, 1.82) is 0 Å². The summed E-state index contributed by atoms with van der Waals surface area (Å²) >= 11 is 1.89. The van der Waals surface area contributed by atoms with Gasteiger partial charge in [0.1, 0.15) is 0 Å². The zero-order valence-corrected chi connectivity index (χ0v) is 32.1. The van der Waals surface area contributed by atoms with Crippen LogP contribution in [0.4, 0.5) is 34.1 Å². The second kappa shape index (κ2) is 12.7. The number of fused-ring (bicyclic) bond motifs is 7. The molecule has 1 aliphatic rings. The SMILES string of the molecule is CC1(C)c2ccccc2N(c2c(-c3cccc4c3sc3ccccc34)ccc3ccccc23)c2ccc(N(c3ccccc3)c3cccc4ccccc34)cc21. The minimum absolute atomic E-state index is 0.282. The second-order valence-corrected chi connectivity index (χ2v) is 16.4. The first kappa shape index (κ1) is 32.7. The van der Waals surface area contributed by atoms with Crippen LogP contribution in [0.25, 0.3) is 52.8 Å². The van der Waals surface area contributed by atoms with Gasteiger partial charge >= 0.3 is 0 Å². The Balaban J connectivity index is 1.20. The summed E-state index contributed by atoms with van der Waals surface area (Å²) in [5.74, 6) is 0. The van der Waals surface area contributed by atoms with Crippen LogP contribution in [-0.4, -0.2) is 0 Å². The van der Waals surface area contributed by atoms with Crippen LogP contribution >= 0.6 is 11.3 Å². The topological polar surface area (TPSA) is 6.48 Å². The van der Waals surface area contributed by atoms with Gasteiger partial charge in [0.05, 0.1) is 22.7 Å². The maximum Gasteiger partial charge on any atom is 0.0619 e. The Labute approximate surface area is 331 Å². The maximum atomic E-state index is 2.56. The molecule has 0 saturated carbocycles. The Hall–Kier alpha value is -6.68. The number of hydrogen-bond acceptors (Lipinski definition) is 3. The molecule has 1 aliphatic heterocycles. The molecular weight excluding hydrogens is 697 g/mol. The van der Waals surface area contributed by atoms with E-state index < -0.39 is 0 Å². The lowest BCUT2D eigenvalue weighted by Gasteiger charge is -2.43. The molecule has 0 amide bonds. The minimum Gasteiger partial charge on any atom is -0.310 e. The second-order valence-electron chi connectivity index (χ2n) is 15.3. The summed E-state index contributed by atoms with van der Waals surface area (Å²) in [4.78, 5) is 4.99. The van der Waals surface area contributed by atoms with E-state index in [-0.39, 0.29) is 5.41 Å². The van der Waals surface area contributed by atoms with E-state index in [9.17, 15) is 0 Å². The van der Waals surface area contributed by atoms with Crippen molar-refractivity contribution < 1.29 is 0 Å². The third kappa shape index (κ3) is 4.94. The number of nitrogens with zero attached hydrogens (tertiary/aromatic N) is 2. The number of hydrogen-bond donors (Lipinski definition) is 0. The Bertz CT molecular complexity index is 3130. The molecule has 1 aromatic heterocycles. The Morgan fingerprint density at radius 2 is 1.09 bits per heavy atom. The van der Waals surface area contributed by atoms with Gasteiger partial charge in [0.15, 0.2) is 0 Å². The van der Waals surface area contributed by atoms with Gasteiger partial charge in [-0.3, -0.25) is 0 Å². The maximum absolute atomic E-state index is 2.56. The third-order valence-electron chi connectivity index (χ3n) is 11.8. The Kier molecular flexibility index (Phi) is 7.42. The number of para-hydroxylation sites is 2. The largest absolute Gasteiger partial charge is 0.310 e. The molecule has 0 aliphatic carbocycles. The summed E-state index contributed by atoms with van der Waals surface area (Å²) in [6.07, 6.45) is 0. The van der Waals surface area contributed by atoms with E-state index in [0.717, 1.165) is 17.1 Å². The van der Waals surface area contributed by atoms with Gasteiger partial charge in [-0.05, 0) is 70.4 Å². The van der Waals surface area contributed by atoms with E-state index in [1.54, 1.807) is 0 Å².